The summed E-state index contributed by atoms with van der Waals surface area (Å²) in [6, 6.07) is 5.74. The molecule has 8 nitrogen and oxygen atoms in total. The van der Waals surface area contributed by atoms with Crippen LogP contribution in [0.3, 0.4) is 0 Å². The molecule has 0 unspecified atom stereocenters. The molecule has 1 saturated heterocycles. The Morgan fingerprint density at radius 2 is 1.65 bits per heavy atom. The number of rotatable bonds is 6. The van der Waals surface area contributed by atoms with E-state index in [4.69, 9.17) is 14.6 Å². The predicted molar refractivity (Wildman–Crippen MR) is 91.6 cm³/mol. The molecule has 0 saturated carbocycles. The first kappa shape index (κ1) is 17.7. The van der Waals surface area contributed by atoms with Gasteiger partial charge < -0.3 is 19.5 Å². The number of nitrogens with zero attached hydrogens (tertiary/aromatic N) is 3. The second-order valence-electron chi connectivity index (χ2n) is 6.09. The molecule has 136 valence electrons. The standard InChI is InChI=1S/C18H19N3O5/c1-25-13-4-11(5-14(6-13)26-2)3-12-9-21(10-12)17(22)15-7-20-16(8-19-15)18(23)24/h4-8,12H,3,9-10H2,1-2H3,(H,23,24). The number of carbonyl (C=O) groups is 2. The number of hydrogen-bond donors (Lipinski definition) is 1. The van der Waals surface area contributed by atoms with Crippen LogP contribution in [-0.2, 0) is 6.42 Å². The van der Waals surface area contributed by atoms with Crippen molar-refractivity contribution in [3.63, 3.8) is 0 Å². The molecule has 0 bridgehead atoms. The van der Waals surface area contributed by atoms with Crippen molar-refractivity contribution in [3.8, 4) is 11.5 Å². The second kappa shape index (κ2) is 7.38. The smallest absolute Gasteiger partial charge is 0.356 e. The summed E-state index contributed by atoms with van der Waals surface area (Å²) in [6.45, 7) is 1.22. The third kappa shape index (κ3) is 3.74. The fraction of sp³-hybridized carbons (Fsp3) is 0.333. The maximum atomic E-state index is 12.3. The van der Waals surface area contributed by atoms with Crippen LogP contribution < -0.4 is 9.47 Å². The van der Waals surface area contributed by atoms with Crippen LogP contribution in [0.25, 0.3) is 0 Å². The highest BCUT2D eigenvalue weighted by molar-refractivity contribution is 5.93. The van der Waals surface area contributed by atoms with Gasteiger partial charge in [0.05, 0.1) is 26.6 Å². The van der Waals surface area contributed by atoms with Crippen LogP contribution in [0.5, 0.6) is 11.5 Å². The van der Waals surface area contributed by atoms with Crippen molar-refractivity contribution in [2.45, 2.75) is 6.42 Å². The molecule has 8 heteroatoms. The maximum absolute atomic E-state index is 12.3. The predicted octanol–water partition coefficient (Wildman–Crippen LogP) is 1.51. The van der Waals surface area contributed by atoms with Crippen molar-refractivity contribution in [2.75, 3.05) is 27.3 Å². The van der Waals surface area contributed by atoms with Crippen molar-refractivity contribution in [1.29, 1.82) is 0 Å². The summed E-state index contributed by atoms with van der Waals surface area (Å²) in [5, 5.41) is 8.81. The molecule has 1 aliphatic heterocycles. The average molecular weight is 357 g/mol. The Morgan fingerprint density at radius 3 is 2.15 bits per heavy atom. The van der Waals surface area contributed by atoms with Gasteiger partial charge in [-0.05, 0) is 30.0 Å². The van der Waals surface area contributed by atoms with Gasteiger partial charge in [-0.15, -0.1) is 0 Å². The second-order valence-corrected chi connectivity index (χ2v) is 6.09. The van der Waals surface area contributed by atoms with E-state index < -0.39 is 5.97 Å². The summed E-state index contributed by atoms with van der Waals surface area (Å²) in [7, 11) is 3.22. The molecule has 2 aromatic rings. The van der Waals surface area contributed by atoms with Crippen LogP contribution in [0.2, 0.25) is 0 Å². The van der Waals surface area contributed by atoms with Crippen LogP contribution in [0.4, 0.5) is 0 Å². The van der Waals surface area contributed by atoms with Crippen LogP contribution in [0.1, 0.15) is 26.5 Å². The molecule has 1 amide bonds. The first-order chi connectivity index (χ1) is 12.5. The van der Waals surface area contributed by atoms with Gasteiger partial charge in [0.1, 0.15) is 17.2 Å². The number of benzene rings is 1. The number of methoxy groups -OCH3 is 2. The quantitative estimate of drug-likeness (QED) is 0.836. The van der Waals surface area contributed by atoms with Crippen LogP contribution in [0.15, 0.2) is 30.6 Å². The SMILES string of the molecule is COc1cc(CC2CN(C(=O)c3cnc(C(=O)O)cn3)C2)cc(OC)c1. The molecular formula is C18H19N3O5. The largest absolute Gasteiger partial charge is 0.497 e. The molecule has 0 spiro atoms. The Hall–Kier alpha value is -3.16. The van der Waals surface area contributed by atoms with Crippen molar-refractivity contribution in [1.82, 2.24) is 14.9 Å². The molecule has 0 radical (unpaired) electrons. The van der Waals surface area contributed by atoms with Crippen LogP contribution in [-0.4, -0.2) is 59.2 Å². The number of likely N-dealkylation sites (tertiary alicyclic amines) is 1. The number of aromatic nitrogens is 2. The first-order valence-electron chi connectivity index (χ1n) is 8.06. The van der Waals surface area contributed by atoms with E-state index in [1.165, 1.54) is 6.20 Å². The minimum Gasteiger partial charge on any atom is -0.497 e. The molecule has 26 heavy (non-hydrogen) atoms. The molecule has 1 N–H and O–H groups in total. The molecular weight excluding hydrogens is 338 g/mol. The molecule has 0 atom stereocenters. The third-order valence-electron chi connectivity index (χ3n) is 4.27. The normalized spacial score (nSPS) is 13.8. The molecule has 2 heterocycles. The summed E-state index contributed by atoms with van der Waals surface area (Å²) in [5.41, 5.74) is 1.05. The van der Waals surface area contributed by atoms with E-state index in [1.54, 1.807) is 19.1 Å². The summed E-state index contributed by atoms with van der Waals surface area (Å²) < 4.78 is 10.5. The maximum Gasteiger partial charge on any atom is 0.356 e. The van der Waals surface area contributed by atoms with E-state index in [2.05, 4.69) is 9.97 Å². The molecule has 1 aliphatic rings. The van der Waals surface area contributed by atoms with Gasteiger partial charge in [-0.2, -0.15) is 0 Å². The van der Waals surface area contributed by atoms with Crippen molar-refractivity contribution in [3.05, 3.63) is 47.5 Å². The molecule has 1 aromatic heterocycles. The Kier molecular flexibility index (Phi) is 5.01. The van der Waals surface area contributed by atoms with Gasteiger partial charge in [0.15, 0.2) is 5.69 Å². The van der Waals surface area contributed by atoms with Gasteiger partial charge in [-0.1, -0.05) is 0 Å². The first-order valence-corrected chi connectivity index (χ1v) is 8.06. The van der Waals surface area contributed by atoms with Crippen molar-refractivity contribution < 1.29 is 24.2 Å². The van der Waals surface area contributed by atoms with Crippen LogP contribution >= 0.6 is 0 Å². The lowest BCUT2D eigenvalue weighted by Crippen LogP contribution is -2.51. The lowest BCUT2D eigenvalue weighted by Gasteiger charge is -2.39. The Labute approximate surface area is 150 Å². The summed E-state index contributed by atoms with van der Waals surface area (Å²) in [6.07, 6.45) is 3.10. The number of hydrogen-bond acceptors (Lipinski definition) is 6. The number of amides is 1. The molecule has 0 aliphatic carbocycles. The Balaban J connectivity index is 1.58. The molecule has 1 fully saturated rings. The fourth-order valence-corrected chi connectivity index (χ4v) is 2.89. The number of carboxylic acids is 1. The minimum absolute atomic E-state index is 0.150. The third-order valence-corrected chi connectivity index (χ3v) is 4.27. The van der Waals surface area contributed by atoms with Gasteiger partial charge in [-0.25, -0.2) is 14.8 Å². The fourth-order valence-electron chi connectivity index (χ4n) is 2.89. The van der Waals surface area contributed by atoms with E-state index in [1.807, 2.05) is 18.2 Å². The topological polar surface area (TPSA) is 102 Å². The summed E-state index contributed by atoms with van der Waals surface area (Å²) >= 11 is 0. The van der Waals surface area contributed by atoms with Gasteiger partial charge in [0, 0.05) is 19.2 Å². The van der Waals surface area contributed by atoms with E-state index in [0.29, 0.717) is 19.0 Å². The summed E-state index contributed by atoms with van der Waals surface area (Å²) in [4.78, 5) is 32.4. The minimum atomic E-state index is -1.17. The number of carbonyl (C=O) groups excluding carboxylic acids is 1. The lowest BCUT2D eigenvalue weighted by atomic mass is 9.91. The van der Waals surface area contributed by atoms with E-state index >= 15 is 0 Å². The van der Waals surface area contributed by atoms with Crippen LogP contribution in [0, 0.1) is 5.92 Å². The van der Waals surface area contributed by atoms with Crippen molar-refractivity contribution >= 4 is 11.9 Å². The Morgan fingerprint density at radius 1 is 1.08 bits per heavy atom. The monoisotopic (exact) mass is 357 g/mol. The zero-order valence-electron chi connectivity index (χ0n) is 14.5. The van der Waals surface area contributed by atoms with Gasteiger partial charge >= 0.3 is 5.97 Å². The van der Waals surface area contributed by atoms with Gasteiger partial charge in [0.2, 0.25) is 0 Å². The number of ether oxygens (including phenoxy) is 2. The molecule has 3 rings (SSSR count). The van der Waals surface area contributed by atoms with E-state index in [-0.39, 0.29) is 17.3 Å². The van der Waals surface area contributed by atoms with E-state index in [9.17, 15) is 9.59 Å². The van der Waals surface area contributed by atoms with Crippen molar-refractivity contribution in [2.24, 2.45) is 5.92 Å². The highest BCUT2D eigenvalue weighted by Crippen LogP contribution is 2.27. The highest BCUT2D eigenvalue weighted by atomic mass is 16.5. The zero-order valence-corrected chi connectivity index (χ0v) is 14.5. The lowest BCUT2D eigenvalue weighted by molar-refractivity contribution is 0.0493. The van der Waals surface area contributed by atoms with E-state index in [0.717, 1.165) is 29.7 Å². The number of carboxylic acid groups (broad SMARTS) is 1. The number of aromatic carboxylic acids is 1. The summed E-state index contributed by atoms with van der Waals surface area (Å²) in [5.74, 6) is 0.394. The zero-order chi connectivity index (χ0) is 18.7. The van der Waals surface area contributed by atoms with Gasteiger partial charge in [-0.3, -0.25) is 4.79 Å². The molecule has 1 aromatic carbocycles. The Bertz CT molecular complexity index is 794. The highest BCUT2D eigenvalue weighted by Gasteiger charge is 2.32. The van der Waals surface area contributed by atoms with Gasteiger partial charge in [0.25, 0.3) is 5.91 Å². The average Bonchev–Trinajstić information content (AvgIpc) is 2.63.